The predicted molar refractivity (Wildman–Crippen MR) is 197 cm³/mol. The fourth-order valence-electron chi connectivity index (χ4n) is 7.95. The number of nitrogens with zero attached hydrogens (tertiary/aromatic N) is 4. The summed E-state index contributed by atoms with van der Waals surface area (Å²) < 4.78 is 29.9. The number of aliphatic hydroxyl groups is 1. The van der Waals surface area contributed by atoms with Gasteiger partial charge in [-0.1, -0.05) is 60.7 Å². The first-order valence-electron chi connectivity index (χ1n) is 17.8. The van der Waals surface area contributed by atoms with Crippen molar-refractivity contribution in [3.05, 3.63) is 107 Å². The van der Waals surface area contributed by atoms with Crippen LogP contribution in [0.25, 0.3) is 0 Å². The number of hydrogen-bond acceptors (Lipinski definition) is 8. The smallest absolute Gasteiger partial charge is 0.305 e. The summed E-state index contributed by atoms with van der Waals surface area (Å²) in [6, 6.07) is 23.8. The largest absolute Gasteiger partial charge is 0.469 e. The number of anilines is 2. The SMILES string of the molecule is COC(=O)CCCCN1C(=O)[C@]2(O[C@H](CCn3cc(C(CO)c4ccccc4)nn3)[C@@H]([Si](C)(C)F)[C@@H]2C)c2cc(NC(=O)c3ccccc3)ccc21. The average molecular weight is 728 g/mol. The maximum atomic E-state index is 16.5. The summed E-state index contributed by atoms with van der Waals surface area (Å²) in [5.41, 5.74) is 1.73. The van der Waals surface area contributed by atoms with Crippen molar-refractivity contribution in [2.24, 2.45) is 5.92 Å². The lowest BCUT2D eigenvalue weighted by Gasteiger charge is -2.31. The Kier molecular flexibility index (Phi) is 11.0. The Morgan fingerprint density at radius 2 is 1.77 bits per heavy atom. The Bertz CT molecular complexity index is 1890. The first kappa shape index (κ1) is 37.0. The van der Waals surface area contributed by atoms with Crippen LogP contribution < -0.4 is 10.2 Å². The molecule has 2 amide bonds. The summed E-state index contributed by atoms with van der Waals surface area (Å²) in [6.45, 7) is 5.77. The Morgan fingerprint density at radius 1 is 1.06 bits per heavy atom. The van der Waals surface area contributed by atoms with Crippen LogP contribution in [0.1, 0.15) is 65.7 Å². The topological polar surface area (TPSA) is 136 Å². The van der Waals surface area contributed by atoms with Crippen LogP contribution in [0.15, 0.2) is 85.1 Å². The molecule has 0 aliphatic carbocycles. The van der Waals surface area contributed by atoms with Gasteiger partial charge < -0.3 is 28.9 Å². The third-order valence-electron chi connectivity index (χ3n) is 10.4. The van der Waals surface area contributed by atoms with E-state index in [1.165, 1.54) is 7.11 Å². The molecule has 52 heavy (non-hydrogen) atoms. The Morgan fingerprint density at radius 3 is 2.44 bits per heavy atom. The van der Waals surface area contributed by atoms with E-state index in [-0.39, 0.29) is 36.7 Å². The molecule has 3 aromatic carbocycles. The van der Waals surface area contributed by atoms with Gasteiger partial charge in [0, 0.05) is 54.0 Å². The van der Waals surface area contributed by atoms with Crippen molar-refractivity contribution < 1.29 is 33.1 Å². The molecule has 1 unspecified atom stereocenters. The van der Waals surface area contributed by atoms with E-state index in [9.17, 15) is 19.5 Å². The number of amides is 2. The van der Waals surface area contributed by atoms with Gasteiger partial charge in [0.05, 0.1) is 37.1 Å². The summed E-state index contributed by atoms with van der Waals surface area (Å²) in [7, 11) is -2.10. The molecule has 2 aliphatic heterocycles. The van der Waals surface area contributed by atoms with Crippen LogP contribution >= 0.6 is 0 Å². The highest BCUT2D eigenvalue weighted by atomic mass is 28.4. The van der Waals surface area contributed by atoms with Crippen LogP contribution in [0.3, 0.4) is 0 Å². The second-order valence-corrected chi connectivity index (χ2v) is 17.9. The molecule has 1 saturated heterocycles. The fourth-order valence-corrected chi connectivity index (χ4v) is 10.5. The van der Waals surface area contributed by atoms with Crippen LogP contribution in [0.2, 0.25) is 18.6 Å². The first-order valence-corrected chi connectivity index (χ1v) is 20.8. The number of methoxy groups -OCH3 is 1. The standard InChI is InChI=1S/C39H46FN5O6Si/c1-26-36(52(3,4)40)34(20-22-44-24-32(42-43-44)30(25-46)27-13-7-5-8-14-27)51-39(26)31-23-29(41-37(48)28-15-9-6-10-16-28)18-19-33(31)45(38(39)49)21-12-11-17-35(47)50-2/h5-10,13-16,18-19,23-24,26,30,34,36,46H,11-12,17,20-22,25H2,1-4H3,(H,41,48)/t26-,30?,34+,36-,39+/m0/s1. The van der Waals surface area contributed by atoms with E-state index in [1.54, 1.807) is 71.3 Å². The molecule has 13 heteroatoms. The van der Waals surface area contributed by atoms with E-state index >= 15 is 4.11 Å². The molecular formula is C39H46FN5O6Si. The molecule has 1 spiro atoms. The lowest BCUT2D eigenvalue weighted by atomic mass is 9.82. The summed E-state index contributed by atoms with van der Waals surface area (Å²) in [5.74, 6) is -1.76. The maximum absolute atomic E-state index is 16.5. The van der Waals surface area contributed by atoms with Gasteiger partial charge in [0.2, 0.25) is 8.41 Å². The number of carbonyl (C=O) groups is 3. The molecule has 1 aromatic heterocycles. The van der Waals surface area contributed by atoms with Gasteiger partial charge in [-0.15, -0.1) is 5.10 Å². The van der Waals surface area contributed by atoms with Gasteiger partial charge >= 0.3 is 5.97 Å². The van der Waals surface area contributed by atoms with Gasteiger partial charge in [-0.3, -0.25) is 19.1 Å². The number of halogens is 1. The molecule has 11 nitrogen and oxygen atoms in total. The van der Waals surface area contributed by atoms with Crippen LogP contribution in [0.4, 0.5) is 15.5 Å². The predicted octanol–water partition coefficient (Wildman–Crippen LogP) is 6.21. The minimum absolute atomic E-state index is 0.132. The van der Waals surface area contributed by atoms with Crippen LogP contribution in [0, 0.1) is 5.92 Å². The Balaban J connectivity index is 1.30. The van der Waals surface area contributed by atoms with Crippen molar-refractivity contribution in [3.63, 3.8) is 0 Å². The van der Waals surface area contributed by atoms with Crippen LogP contribution in [-0.2, 0) is 31.2 Å². The lowest BCUT2D eigenvalue weighted by Crippen LogP contribution is -2.45. The zero-order valence-electron chi connectivity index (χ0n) is 30.0. The van der Waals surface area contributed by atoms with Crippen molar-refractivity contribution in [2.45, 2.75) is 75.4 Å². The Labute approximate surface area is 304 Å². The van der Waals surface area contributed by atoms with Gasteiger partial charge in [0.1, 0.15) is 0 Å². The summed E-state index contributed by atoms with van der Waals surface area (Å²) >= 11 is 0. The van der Waals surface area contributed by atoms with E-state index < -0.39 is 31.6 Å². The molecule has 3 heterocycles. The number of esters is 1. The zero-order valence-corrected chi connectivity index (χ0v) is 31.0. The number of ether oxygens (including phenoxy) is 2. The molecule has 0 radical (unpaired) electrons. The van der Waals surface area contributed by atoms with Crippen molar-refractivity contribution in [3.8, 4) is 0 Å². The fraction of sp³-hybridized carbons (Fsp3) is 0.410. The second-order valence-electron chi connectivity index (χ2n) is 14.2. The van der Waals surface area contributed by atoms with E-state index in [1.807, 2.05) is 43.3 Å². The molecule has 4 aromatic rings. The van der Waals surface area contributed by atoms with Gasteiger partial charge in [-0.05, 0) is 68.3 Å². The zero-order chi connectivity index (χ0) is 37.0. The summed E-state index contributed by atoms with van der Waals surface area (Å²) in [5, 5.41) is 21.8. The maximum Gasteiger partial charge on any atom is 0.305 e. The number of carbonyl (C=O) groups excluding carboxylic acids is 3. The molecular weight excluding hydrogens is 682 g/mol. The lowest BCUT2D eigenvalue weighted by molar-refractivity contribution is -0.146. The number of unbranched alkanes of at least 4 members (excludes halogenated alkanes) is 1. The van der Waals surface area contributed by atoms with E-state index in [4.69, 9.17) is 9.47 Å². The monoisotopic (exact) mass is 727 g/mol. The number of aliphatic hydroxyl groups excluding tert-OH is 1. The van der Waals surface area contributed by atoms with Crippen molar-refractivity contribution in [1.82, 2.24) is 15.0 Å². The normalized spacial score (nSPS) is 21.7. The Hall–Kier alpha value is -4.72. The average Bonchev–Trinajstić information content (AvgIpc) is 3.80. The van der Waals surface area contributed by atoms with Crippen LogP contribution in [-0.4, -0.2) is 72.7 Å². The van der Waals surface area contributed by atoms with E-state index in [0.717, 1.165) is 5.56 Å². The molecule has 6 rings (SSSR count). The highest BCUT2D eigenvalue weighted by Crippen LogP contribution is 2.60. The number of nitrogens with one attached hydrogen (secondary N) is 1. The van der Waals surface area contributed by atoms with Crippen molar-refractivity contribution in [2.75, 3.05) is 30.5 Å². The molecule has 0 saturated carbocycles. The summed E-state index contributed by atoms with van der Waals surface area (Å²) in [6.07, 6.45) is 2.85. The number of aromatic nitrogens is 3. The highest BCUT2D eigenvalue weighted by molar-refractivity contribution is 6.72. The second kappa shape index (κ2) is 15.5. The van der Waals surface area contributed by atoms with Gasteiger partial charge in [0.15, 0.2) is 5.60 Å². The van der Waals surface area contributed by atoms with Crippen LogP contribution in [0.5, 0.6) is 0 Å². The van der Waals surface area contributed by atoms with E-state index in [2.05, 4.69) is 15.6 Å². The van der Waals surface area contributed by atoms with Gasteiger partial charge in [0.25, 0.3) is 11.8 Å². The van der Waals surface area contributed by atoms with Crippen molar-refractivity contribution >= 4 is 37.6 Å². The van der Waals surface area contributed by atoms with Gasteiger partial charge in [-0.2, -0.15) is 0 Å². The number of fused-ring (bicyclic) bond motifs is 2. The van der Waals surface area contributed by atoms with Crippen molar-refractivity contribution in [1.29, 1.82) is 0 Å². The minimum atomic E-state index is -3.44. The van der Waals surface area contributed by atoms with Gasteiger partial charge in [-0.25, -0.2) is 0 Å². The highest BCUT2D eigenvalue weighted by Gasteiger charge is 2.66. The number of aryl methyl sites for hydroxylation is 1. The molecule has 2 N–H and O–H groups in total. The first-order chi connectivity index (χ1) is 25.0. The molecule has 274 valence electrons. The molecule has 1 fully saturated rings. The van der Waals surface area contributed by atoms with E-state index in [0.29, 0.717) is 60.5 Å². The minimum Gasteiger partial charge on any atom is -0.469 e. The quantitative estimate of drug-likeness (QED) is 0.0678. The number of rotatable bonds is 14. The number of hydrogen-bond donors (Lipinski definition) is 2. The summed E-state index contributed by atoms with van der Waals surface area (Å²) in [4.78, 5) is 41.3. The third kappa shape index (κ3) is 7.30. The molecule has 2 aliphatic rings. The third-order valence-corrected chi connectivity index (χ3v) is 12.9. The molecule has 0 bridgehead atoms. The number of benzene rings is 3. The molecule has 5 atom stereocenters.